The molecule has 1 aliphatic rings. The molecular weight excluding hydrogens is 349 g/mol. The van der Waals surface area contributed by atoms with E-state index in [1.807, 2.05) is 0 Å². The Labute approximate surface area is 174 Å². The lowest BCUT2D eigenvalue weighted by molar-refractivity contribution is 0.157. The van der Waals surface area contributed by atoms with Gasteiger partial charge < -0.3 is 0 Å². The van der Waals surface area contributed by atoms with Crippen LogP contribution < -0.4 is 5.46 Å². The first-order chi connectivity index (χ1) is 14.3. The van der Waals surface area contributed by atoms with Gasteiger partial charge in [-0.3, -0.25) is 4.90 Å². The second-order valence-electron chi connectivity index (χ2n) is 7.94. The molecule has 2 heteroatoms. The molecule has 140 valence electrons. The van der Waals surface area contributed by atoms with E-state index >= 15 is 0 Å². The van der Waals surface area contributed by atoms with Crippen molar-refractivity contribution in [2.24, 2.45) is 0 Å². The summed E-state index contributed by atoms with van der Waals surface area (Å²) in [6.45, 7) is 1.88. The van der Waals surface area contributed by atoms with Crippen molar-refractivity contribution in [2.45, 2.75) is 18.6 Å². The normalized spacial score (nSPS) is 13.9. The van der Waals surface area contributed by atoms with Crippen LogP contribution >= 0.6 is 0 Å². The van der Waals surface area contributed by atoms with Crippen LogP contribution in [0.25, 0.3) is 0 Å². The molecule has 0 N–H and O–H groups in total. The predicted octanol–water partition coefficient (Wildman–Crippen LogP) is 4.25. The van der Waals surface area contributed by atoms with Crippen molar-refractivity contribution >= 4 is 13.3 Å². The molecule has 4 aromatic carbocycles. The molecule has 0 atom stereocenters. The minimum atomic E-state index is -0.337. The molecule has 5 rings (SSSR count). The summed E-state index contributed by atoms with van der Waals surface area (Å²) in [6, 6.07) is 39.8. The Hall–Kier alpha value is -3.10. The van der Waals surface area contributed by atoms with Crippen LogP contribution in [0.3, 0.4) is 0 Å². The summed E-state index contributed by atoms with van der Waals surface area (Å²) in [4.78, 5) is 2.64. The van der Waals surface area contributed by atoms with E-state index < -0.39 is 0 Å². The van der Waals surface area contributed by atoms with Crippen LogP contribution in [0.15, 0.2) is 109 Å². The van der Waals surface area contributed by atoms with E-state index in [1.165, 1.54) is 33.3 Å². The van der Waals surface area contributed by atoms with Crippen molar-refractivity contribution in [3.05, 3.63) is 137 Å². The SMILES string of the molecule is Bc1ccc2c(c1)CN(C(c1ccccc1)(c1ccccc1)c1ccccc1)C2. The Morgan fingerprint density at radius 2 is 1.00 bits per heavy atom. The average molecular weight is 373 g/mol. The summed E-state index contributed by atoms with van der Waals surface area (Å²) in [6.07, 6.45) is 0. The molecule has 29 heavy (non-hydrogen) atoms. The lowest BCUT2D eigenvalue weighted by Crippen LogP contribution is -2.45. The maximum absolute atomic E-state index is 2.64. The molecule has 0 unspecified atom stereocenters. The van der Waals surface area contributed by atoms with Crippen LogP contribution in [-0.2, 0) is 18.6 Å². The van der Waals surface area contributed by atoms with Gasteiger partial charge in [0.15, 0.2) is 0 Å². The Bertz CT molecular complexity index is 1010. The van der Waals surface area contributed by atoms with Gasteiger partial charge in [-0.1, -0.05) is 115 Å². The van der Waals surface area contributed by atoms with E-state index in [0.717, 1.165) is 13.1 Å². The lowest BCUT2D eigenvalue weighted by Gasteiger charge is -2.43. The Morgan fingerprint density at radius 1 is 0.552 bits per heavy atom. The van der Waals surface area contributed by atoms with E-state index in [0.29, 0.717) is 0 Å². The first-order valence-electron chi connectivity index (χ1n) is 10.3. The molecule has 1 aliphatic heterocycles. The molecule has 0 aliphatic carbocycles. The average Bonchev–Trinajstić information content (AvgIpc) is 3.20. The van der Waals surface area contributed by atoms with Crippen LogP contribution in [0.4, 0.5) is 0 Å². The molecule has 0 radical (unpaired) electrons. The third-order valence-electron chi connectivity index (χ3n) is 6.13. The molecule has 0 saturated carbocycles. The molecule has 0 fully saturated rings. The third kappa shape index (κ3) is 3.01. The van der Waals surface area contributed by atoms with Crippen molar-refractivity contribution in [3.8, 4) is 0 Å². The van der Waals surface area contributed by atoms with Crippen LogP contribution in [0, 0.1) is 0 Å². The van der Waals surface area contributed by atoms with Crippen molar-refractivity contribution in [2.75, 3.05) is 0 Å². The highest BCUT2D eigenvalue weighted by Crippen LogP contribution is 2.45. The monoisotopic (exact) mass is 373 g/mol. The van der Waals surface area contributed by atoms with Crippen LogP contribution in [0.5, 0.6) is 0 Å². The molecular formula is C27H24BN. The molecule has 0 spiro atoms. The fourth-order valence-electron chi connectivity index (χ4n) is 4.85. The molecule has 1 nitrogen and oxygen atoms in total. The van der Waals surface area contributed by atoms with Gasteiger partial charge in [-0.15, -0.1) is 0 Å². The maximum Gasteiger partial charge on any atom is 0.139 e. The van der Waals surface area contributed by atoms with Crippen LogP contribution in [0.2, 0.25) is 0 Å². The fraction of sp³-hybridized carbons (Fsp3) is 0.111. The highest BCUT2D eigenvalue weighted by molar-refractivity contribution is 6.32. The molecule has 0 aromatic heterocycles. The third-order valence-corrected chi connectivity index (χ3v) is 6.13. The minimum Gasteiger partial charge on any atom is -0.277 e. The van der Waals surface area contributed by atoms with Gasteiger partial charge >= 0.3 is 0 Å². The first-order valence-corrected chi connectivity index (χ1v) is 10.3. The molecule has 0 amide bonds. The van der Waals surface area contributed by atoms with Gasteiger partial charge in [-0.2, -0.15) is 0 Å². The number of rotatable bonds is 4. The second-order valence-corrected chi connectivity index (χ2v) is 7.94. The summed E-state index contributed by atoms with van der Waals surface area (Å²) in [5, 5.41) is 0. The van der Waals surface area contributed by atoms with Crippen LogP contribution in [0.1, 0.15) is 27.8 Å². The van der Waals surface area contributed by atoms with Gasteiger partial charge in [0.25, 0.3) is 0 Å². The summed E-state index contributed by atoms with van der Waals surface area (Å²) in [5.74, 6) is 0. The highest BCUT2D eigenvalue weighted by atomic mass is 15.2. The maximum atomic E-state index is 2.64. The summed E-state index contributed by atoms with van der Waals surface area (Å²) >= 11 is 0. The number of nitrogens with zero attached hydrogens (tertiary/aromatic N) is 1. The first kappa shape index (κ1) is 18.0. The minimum absolute atomic E-state index is 0.337. The summed E-state index contributed by atoms with van der Waals surface area (Å²) < 4.78 is 0. The van der Waals surface area contributed by atoms with Crippen molar-refractivity contribution in [1.82, 2.24) is 4.90 Å². The van der Waals surface area contributed by atoms with Gasteiger partial charge in [0.1, 0.15) is 7.85 Å². The Kier molecular flexibility index (Phi) is 4.57. The lowest BCUT2D eigenvalue weighted by atomic mass is 9.75. The van der Waals surface area contributed by atoms with Gasteiger partial charge in [-0.05, 0) is 27.8 Å². The zero-order valence-corrected chi connectivity index (χ0v) is 16.8. The topological polar surface area (TPSA) is 3.24 Å². The fourth-order valence-corrected chi connectivity index (χ4v) is 4.85. The Morgan fingerprint density at radius 3 is 1.48 bits per heavy atom. The standard InChI is InChI=1S/C27H24BN/c28-26-17-16-21-19-29(20-22(21)18-26)27(23-10-4-1-5-11-23,24-12-6-2-7-13-24)25-14-8-3-9-15-25/h1-18H,19-20,28H2. The van der Waals surface area contributed by atoms with Crippen LogP contribution in [-0.4, -0.2) is 12.7 Å². The zero-order chi connectivity index (χ0) is 19.7. The van der Waals surface area contributed by atoms with Crippen molar-refractivity contribution in [3.63, 3.8) is 0 Å². The van der Waals surface area contributed by atoms with E-state index in [1.54, 1.807) is 0 Å². The van der Waals surface area contributed by atoms with Crippen molar-refractivity contribution < 1.29 is 0 Å². The summed E-state index contributed by atoms with van der Waals surface area (Å²) in [7, 11) is 2.18. The second kappa shape index (κ2) is 7.38. The number of benzene rings is 4. The van der Waals surface area contributed by atoms with E-state index in [4.69, 9.17) is 0 Å². The number of hydrogen-bond donors (Lipinski definition) is 0. The van der Waals surface area contributed by atoms with Gasteiger partial charge in [0.2, 0.25) is 0 Å². The molecule has 0 bridgehead atoms. The zero-order valence-electron chi connectivity index (χ0n) is 16.8. The quantitative estimate of drug-likeness (QED) is 0.382. The smallest absolute Gasteiger partial charge is 0.139 e. The van der Waals surface area contributed by atoms with Gasteiger partial charge in [-0.25, -0.2) is 0 Å². The van der Waals surface area contributed by atoms with Crippen molar-refractivity contribution in [1.29, 1.82) is 0 Å². The molecule has 0 saturated heterocycles. The van der Waals surface area contributed by atoms with E-state index in [2.05, 4.69) is 122 Å². The molecule has 1 heterocycles. The van der Waals surface area contributed by atoms with Gasteiger partial charge in [0, 0.05) is 13.1 Å². The van der Waals surface area contributed by atoms with Gasteiger partial charge in [0.05, 0.1) is 5.54 Å². The largest absolute Gasteiger partial charge is 0.277 e. The predicted molar refractivity (Wildman–Crippen MR) is 123 cm³/mol. The number of fused-ring (bicyclic) bond motifs is 1. The van der Waals surface area contributed by atoms with E-state index in [-0.39, 0.29) is 5.54 Å². The summed E-state index contributed by atoms with van der Waals surface area (Å²) in [5.41, 5.74) is 7.79. The molecule has 4 aromatic rings. The Balaban J connectivity index is 1.78. The number of hydrogen-bond acceptors (Lipinski definition) is 1. The van der Waals surface area contributed by atoms with E-state index in [9.17, 15) is 0 Å². The highest BCUT2D eigenvalue weighted by Gasteiger charge is 2.44.